The fourth-order valence-electron chi connectivity index (χ4n) is 3.61. The minimum Gasteiger partial charge on any atom is -0.496 e. The number of hydrogen-bond donors (Lipinski definition) is 0. The van der Waals surface area contributed by atoms with Gasteiger partial charge >= 0.3 is 0 Å². The predicted molar refractivity (Wildman–Crippen MR) is 113 cm³/mol. The molecule has 7 heteroatoms. The Kier molecular flexibility index (Phi) is 5.88. The van der Waals surface area contributed by atoms with Crippen molar-refractivity contribution in [3.05, 3.63) is 72.3 Å². The van der Waals surface area contributed by atoms with Crippen molar-refractivity contribution < 1.29 is 13.9 Å². The number of halogens is 1. The molecule has 1 amide bonds. The maximum atomic E-state index is 13.2. The fourth-order valence-corrected chi connectivity index (χ4v) is 3.61. The molecule has 154 valence electrons. The highest BCUT2D eigenvalue weighted by atomic mass is 19.1. The summed E-state index contributed by atoms with van der Waals surface area (Å²) in [5.41, 5.74) is 2.48. The second-order valence-electron chi connectivity index (χ2n) is 7.12. The lowest BCUT2D eigenvalue weighted by molar-refractivity contribution is -0.130. The van der Waals surface area contributed by atoms with Gasteiger partial charge in [-0.05, 0) is 30.3 Å². The van der Waals surface area contributed by atoms with Crippen molar-refractivity contribution in [3.63, 3.8) is 0 Å². The van der Waals surface area contributed by atoms with Gasteiger partial charge < -0.3 is 14.5 Å². The SMILES string of the molecule is COc1ccccc1CC(=O)N1CCN(c2cc(-c3ccc(F)cc3)ncn2)CC1. The number of piperazine rings is 1. The minimum absolute atomic E-state index is 0.0915. The Morgan fingerprint density at radius 2 is 1.77 bits per heavy atom. The van der Waals surface area contributed by atoms with Crippen LogP contribution in [0.25, 0.3) is 11.3 Å². The number of aromatic nitrogens is 2. The van der Waals surface area contributed by atoms with E-state index >= 15 is 0 Å². The number of hydrogen-bond acceptors (Lipinski definition) is 5. The first-order valence-electron chi connectivity index (χ1n) is 9.86. The van der Waals surface area contributed by atoms with Crippen LogP contribution >= 0.6 is 0 Å². The summed E-state index contributed by atoms with van der Waals surface area (Å²) in [5, 5.41) is 0. The van der Waals surface area contributed by atoms with Gasteiger partial charge in [-0.3, -0.25) is 4.79 Å². The van der Waals surface area contributed by atoms with Gasteiger partial charge in [0.05, 0.1) is 19.2 Å². The van der Waals surface area contributed by atoms with E-state index in [2.05, 4.69) is 14.9 Å². The van der Waals surface area contributed by atoms with Gasteiger partial charge in [0.15, 0.2) is 0 Å². The van der Waals surface area contributed by atoms with Gasteiger partial charge in [0.1, 0.15) is 23.7 Å². The molecule has 0 aliphatic carbocycles. The van der Waals surface area contributed by atoms with Crippen LogP contribution in [-0.4, -0.2) is 54.1 Å². The number of anilines is 1. The first-order valence-corrected chi connectivity index (χ1v) is 9.86. The van der Waals surface area contributed by atoms with E-state index < -0.39 is 0 Å². The number of carbonyl (C=O) groups is 1. The van der Waals surface area contributed by atoms with Gasteiger partial charge in [-0.2, -0.15) is 0 Å². The van der Waals surface area contributed by atoms with Crippen LogP contribution in [0.1, 0.15) is 5.56 Å². The van der Waals surface area contributed by atoms with Crippen LogP contribution in [0.2, 0.25) is 0 Å². The third kappa shape index (κ3) is 4.40. The van der Waals surface area contributed by atoms with Crippen molar-refractivity contribution in [2.75, 3.05) is 38.2 Å². The van der Waals surface area contributed by atoms with Crippen molar-refractivity contribution in [3.8, 4) is 17.0 Å². The molecule has 2 heterocycles. The molecule has 0 spiro atoms. The molecule has 0 unspecified atom stereocenters. The van der Waals surface area contributed by atoms with E-state index in [-0.39, 0.29) is 11.7 Å². The van der Waals surface area contributed by atoms with Gasteiger partial charge in [-0.25, -0.2) is 14.4 Å². The maximum Gasteiger partial charge on any atom is 0.227 e. The van der Waals surface area contributed by atoms with Crippen LogP contribution in [0.5, 0.6) is 5.75 Å². The van der Waals surface area contributed by atoms with Crippen LogP contribution in [0.3, 0.4) is 0 Å². The molecule has 1 aromatic heterocycles. The van der Waals surface area contributed by atoms with Crippen molar-refractivity contribution in [1.82, 2.24) is 14.9 Å². The summed E-state index contributed by atoms with van der Waals surface area (Å²) in [6, 6.07) is 15.8. The van der Waals surface area contributed by atoms with Crippen molar-refractivity contribution in [2.24, 2.45) is 0 Å². The van der Waals surface area contributed by atoms with E-state index in [1.807, 2.05) is 35.2 Å². The molecule has 6 nitrogen and oxygen atoms in total. The van der Waals surface area contributed by atoms with Gasteiger partial charge in [0.2, 0.25) is 5.91 Å². The largest absolute Gasteiger partial charge is 0.496 e. The molecule has 0 saturated carbocycles. The Labute approximate surface area is 174 Å². The van der Waals surface area contributed by atoms with Gasteiger partial charge in [-0.15, -0.1) is 0 Å². The van der Waals surface area contributed by atoms with Gasteiger partial charge in [0, 0.05) is 43.4 Å². The van der Waals surface area contributed by atoms with Crippen LogP contribution in [0, 0.1) is 5.82 Å². The van der Waals surface area contributed by atoms with Crippen molar-refractivity contribution in [2.45, 2.75) is 6.42 Å². The minimum atomic E-state index is -0.276. The first kappa shape index (κ1) is 19.8. The number of ether oxygens (including phenoxy) is 1. The predicted octanol–water partition coefficient (Wildman–Crippen LogP) is 3.18. The highest BCUT2D eigenvalue weighted by Gasteiger charge is 2.23. The normalized spacial score (nSPS) is 13.9. The number of benzene rings is 2. The first-order chi connectivity index (χ1) is 14.6. The lowest BCUT2D eigenvalue weighted by Crippen LogP contribution is -2.49. The number of rotatable bonds is 5. The van der Waals surface area contributed by atoms with E-state index in [0.717, 1.165) is 28.4 Å². The van der Waals surface area contributed by atoms with E-state index in [1.54, 1.807) is 19.2 Å². The van der Waals surface area contributed by atoms with Crippen molar-refractivity contribution in [1.29, 1.82) is 0 Å². The number of methoxy groups -OCH3 is 1. The monoisotopic (exact) mass is 406 g/mol. The van der Waals surface area contributed by atoms with E-state index in [1.165, 1.54) is 18.5 Å². The zero-order valence-corrected chi connectivity index (χ0v) is 16.8. The zero-order valence-electron chi connectivity index (χ0n) is 16.8. The number of amides is 1. The number of nitrogens with zero attached hydrogens (tertiary/aromatic N) is 4. The summed E-state index contributed by atoms with van der Waals surface area (Å²) in [6.07, 6.45) is 1.85. The van der Waals surface area contributed by atoms with Gasteiger partial charge in [-0.1, -0.05) is 18.2 Å². The molecule has 3 aromatic rings. The molecule has 0 radical (unpaired) electrons. The summed E-state index contributed by atoms with van der Waals surface area (Å²) in [6.45, 7) is 2.64. The Hall–Kier alpha value is -3.48. The van der Waals surface area contributed by atoms with E-state index in [9.17, 15) is 9.18 Å². The Morgan fingerprint density at radius 3 is 2.50 bits per heavy atom. The molecule has 0 N–H and O–H groups in total. The third-order valence-corrected chi connectivity index (χ3v) is 5.28. The average Bonchev–Trinajstić information content (AvgIpc) is 2.80. The average molecular weight is 406 g/mol. The maximum absolute atomic E-state index is 13.2. The second-order valence-corrected chi connectivity index (χ2v) is 7.12. The lowest BCUT2D eigenvalue weighted by Gasteiger charge is -2.35. The van der Waals surface area contributed by atoms with Crippen LogP contribution < -0.4 is 9.64 Å². The molecule has 1 aliphatic heterocycles. The fraction of sp³-hybridized carbons (Fsp3) is 0.261. The molecule has 0 atom stereocenters. The molecule has 1 aliphatic rings. The highest BCUT2D eigenvalue weighted by Crippen LogP contribution is 2.23. The molecular weight excluding hydrogens is 383 g/mol. The molecule has 1 saturated heterocycles. The second kappa shape index (κ2) is 8.90. The van der Waals surface area contributed by atoms with E-state index in [4.69, 9.17) is 4.74 Å². The molecular formula is C23H23FN4O2. The topological polar surface area (TPSA) is 58.6 Å². The Morgan fingerprint density at radius 1 is 1.03 bits per heavy atom. The van der Waals surface area contributed by atoms with Crippen LogP contribution in [-0.2, 0) is 11.2 Å². The highest BCUT2D eigenvalue weighted by molar-refractivity contribution is 5.80. The number of carbonyl (C=O) groups excluding carboxylic acids is 1. The smallest absolute Gasteiger partial charge is 0.227 e. The Balaban J connectivity index is 1.39. The standard InChI is InChI=1S/C23H23FN4O2/c1-30-21-5-3-2-4-18(21)14-23(29)28-12-10-27(11-13-28)22-15-20(25-16-26-22)17-6-8-19(24)9-7-17/h2-9,15-16H,10-14H2,1H3. The molecule has 4 rings (SSSR count). The Bertz CT molecular complexity index is 1020. The summed E-state index contributed by atoms with van der Waals surface area (Å²) in [5.74, 6) is 1.36. The molecule has 1 fully saturated rings. The summed E-state index contributed by atoms with van der Waals surface area (Å²) in [4.78, 5) is 25.5. The molecule has 2 aromatic carbocycles. The van der Waals surface area contributed by atoms with Crippen LogP contribution in [0.4, 0.5) is 10.2 Å². The quantitative estimate of drug-likeness (QED) is 0.651. The summed E-state index contributed by atoms with van der Waals surface area (Å²) >= 11 is 0. The molecule has 0 bridgehead atoms. The van der Waals surface area contributed by atoms with Crippen LogP contribution in [0.15, 0.2) is 60.9 Å². The lowest BCUT2D eigenvalue weighted by atomic mass is 10.1. The zero-order chi connectivity index (χ0) is 20.9. The summed E-state index contributed by atoms with van der Waals surface area (Å²) in [7, 11) is 1.62. The van der Waals surface area contributed by atoms with E-state index in [0.29, 0.717) is 32.6 Å². The third-order valence-electron chi connectivity index (χ3n) is 5.28. The molecule has 30 heavy (non-hydrogen) atoms. The van der Waals surface area contributed by atoms with Crippen molar-refractivity contribution >= 4 is 11.7 Å². The van der Waals surface area contributed by atoms with Gasteiger partial charge in [0.25, 0.3) is 0 Å². The number of para-hydroxylation sites is 1. The summed E-state index contributed by atoms with van der Waals surface area (Å²) < 4.78 is 18.5.